The zero-order valence-corrected chi connectivity index (χ0v) is 7.00. The summed E-state index contributed by atoms with van der Waals surface area (Å²) < 4.78 is 2.18. The van der Waals surface area contributed by atoms with Gasteiger partial charge < -0.3 is 5.32 Å². The summed E-state index contributed by atoms with van der Waals surface area (Å²) in [5, 5.41) is 3.21. The maximum Gasteiger partial charge on any atom is 0.107 e. The molecule has 1 saturated heterocycles. The molecule has 0 saturated carbocycles. The van der Waals surface area contributed by atoms with Crippen LogP contribution < -0.4 is 5.32 Å². The predicted molar refractivity (Wildman–Crippen MR) is 42.7 cm³/mol. The summed E-state index contributed by atoms with van der Waals surface area (Å²) in [7, 11) is 0. The van der Waals surface area contributed by atoms with E-state index in [1.807, 2.05) is 0 Å². The second kappa shape index (κ2) is 3.66. The minimum absolute atomic E-state index is 0.175. The van der Waals surface area contributed by atoms with Crippen molar-refractivity contribution in [3.8, 4) is 0 Å². The van der Waals surface area contributed by atoms with Gasteiger partial charge in [0, 0.05) is 19.6 Å². The first-order valence-corrected chi connectivity index (χ1v) is 4.62. The van der Waals surface area contributed by atoms with Gasteiger partial charge in [-0.25, -0.2) is 4.31 Å². The Labute approximate surface area is 65.1 Å². The van der Waals surface area contributed by atoms with Crippen molar-refractivity contribution in [1.82, 2.24) is 9.62 Å². The highest BCUT2D eigenvalue weighted by molar-refractivity contribution is 7.96. The van der Waals surface area contributed by atoms with Crippen molar-refractivity contribution in [3.05, 3.63) is 0 Å². The number of hydrogen-bond donors (Lipinski definition) is 1. The number of rotatable bonds is 1. The van der Waals surface area contributed by atoms with E-state index in [-0.39, 0.29) is 5.50 Å². The molecule has 0 aromatic carbocycles. The van der Waals surface area contributed by atoms with Gasteiger partial charge in [0.15, 0.2) is 0 Å². The summed E-state index contributed by atoms with van der Waals surface area (Å²) in [6, 6.07) is 0. The molecule has 2 nitrogen and oxygen atoms in total. The van der Waals surface area contributed by atoms with Crippen LogP contribution in [-0.2, 0) is 0 Å². The van der Waals surface area contributed by atoms with Gasteiger partial charge in [-0.1, -0.05) is 11.9 Å². The number of piperazine rings is 1. The molecule has 0 aromatic heterocycles. The summed E-state index contributed by atoms with van der Waals surface area (Å²) in [6.45, 7) is 3.02. The third-order valence-electron chi connectivity index (χ3n) is 1.37. The average molecular weight is 167 g/mol. The fraction of sp³-hybridized carbons (Fsp3) is 1.00. The van der Waals surface area contributed by atoms with Crippen molar-refractivity contribution in [1.29, 1.82) is 0 Å². The minimum Gasteiger partial charge on any atom is -0.313 e. The SMILES string of the molecule is CSN1CCNCC1Cl. The second-order valence-corrected chi connectivity index (χ2v) is 3.30. The molecule has 0 aliphatic carbocycles. The van der Waals surface area contributed by atoms with Crippen LogP contribution in [-0.4, -0.2) is 35.7 Å². The largest absolute Gasteiger partial charge is 0.313 e. The quantitative estimate of drug-likeness (QED) is 0.352. The van der Waals surface area contributed by atoms with Gasteiger partial charge in [-0.3, -0.25) is 0 Å². The van der Waals surface area contributed by atoms with E-state index in [4.69, 9.17) is 11.6 Å². The Morgan fingerprint density at radius 2 is 2.56 bits per heavy atom. The normalized spacial score (nSPS) is 30.7. The Balaban J connectivity index is 2.30. The molecule has 54 valence electrons. The van der Waals surface area contributed by atoms with E-state index in [2.05, 4.69) is 15.9 Å². The molecule has 1 N–H and O–H groups in total. The maximum atomic E-state index is 5.93. The third-order valence-corrected chi connectivity index (χ3v) is 2.78. The van der Waals surface area contributed by atoms with Gasteiger partial charge in [-0.2, -0.15) is 0 Å². The zero-order chi connectivity index (χ0) is 6.69. The first kappa shape index (κ1) is 7.66. The number of halogens is 1. The van der Waals surface area contributed by atoms with E-state index in [9.17, 15) is 0 Å². The Morgan fingerprint density at radius 1 is 1.78 bits per heavy atom. The molecule has 1 atom stereocenters. The van der Waals surface area contributed by atoms with Gasteiger partial charge in [-0.05, 0) is 6.26 Å². The van der Waals surface area contributed by atoms with E-state index in [1.165, 1.54) is 0 Å². The lowest BCUT2D eigenvalue weighted by molar-refractivity contribution is 0.364. The van der Waals surface area contributed by atoms with Crippen molar-refractivity contribution in [2.75, 3.05) is 25.9 Å². The molecule has 1 unspecified atom stereocenters. The summed E-state index contributed by atoms with van der Waals surface area (Å²) in [5.41, 5.74) is 0.175. The Hall–Kier alpha value is 0.560. The third kappa shape index (κ3) is 2.00. The van der Waals surface area contributed by atoms with Crippen molar-refractivity contribution in [2.24, 2.45) is 0 Å². The summed E-state index contributed by atoms with van der Waals surface area (Å²) in [6.07, 6.45) is 2.06. The average Bonchev–Trinajstić information content (AvgIpc) is 1.89. The first-order valence-electron chi connectivity index (χ1n) is 3.00. The first-order chi connectivity index (χ1) is 4.34. The molecule has 0 amide bonds. The lowest BCUT2D eigenvalue weighted by atomic mass is 10.4. The lowest BCUT2D eigenvalue weighted by Gasteiger charge is -2.29. The smallest absolute Gasteiger partial charge is 0.107 e. The molecule has 1 rings (SSSR count). The Bertz CT molecular complexity index is 91.0. The van der Waals surface area contributed by atoms with Gasteiger partial charge in [-0.15, -0.1) is 11.6 Å². The fourth-order valence-corrected chi connectivity index (χ4v) is 1.88. The number of nitrogens with zero attached hydrogens (tertiary/aromatic N) is 1. The number of hydrogen-bond acceptors (Lipinski definition) is 3. The van der Waals surface area contributed by atoms with Crippen LogP contribution in [0, 0.1) is 0 Å². The monoisotopic (exact) mass is 166 g/mol. The summed E-state index contributed by atoms with van der Waals surface area (Å²) in [5.74, 6) is 0. The summed E-state index contributed by atoms with van der Waals surface area (Å²) in [4.78, 5) is 0. The lowest BCUT2D eigenvalue weighted by Crippen LogP contribution is -2.44. The molecule has 0 bridgehead atoms. The van der Waals surface area contributed by atoms with Crippen LogP contribution in [0.5, 0.6) is 0 Å². The molecular weight excluding hydrogens is 156 g/mol. The van der Waals surface area contributed by atoms with E-state index < -0.39 is 0 Å². The zero-order valence-electron chi connectivity index (χ0n) is 5.43. The van der Waals surface area contributed by atoms with Crippen LogP contribution in [0.1, 0.15) is 0 Å². The Morgan fingerprint density at radius 3 is 3.00 bits per heavy atom. The van der Waals surface area contributed by atoms with Crippen molar-refractivity contribution in [3.63, 3.8) is 0 Å². The highest BCUT2D eigenvalue weighted by Crippen LogP contribution is 2.14. The maximum absolute atomic E-state index is 5.93. The molecule has 9 heavy (non-hydrogen) atoms. The highest BCUT2D eigenvalue weighted by Gasteiger charge is 2.17. The van der Waals surface area contributed by atoms with E-state index in [1.54, 1.807) is 11.9 Å². The van der Waals surface area contributed by atoms with E-state index in [0.29, 0.717) is 0 Å². The standard InChI is InChI=1S/C5H11ClN2S/c1-9-8-3-2-7-4-5(8)6/h5,7H,2-4H2,1H3. The van der Waals surface area contributed by atoms with Gasteiger partial charge in [0.05, 0.1) is 0 Å². The van der Waals surface area contributed by atoms with Crippen molar-refractivity contribution < 1.29 is 0 Å². The number of nitrogens with one attached hydrogen (secondary N) is 1. The van der Waals surface area contributed by atoms with E-state index >= 15 is 0 Å². The van der Waals surface area contributed by atoms with Crippen molar-refractivity contribution in [2.45, 2.75) is 5.50 Å². The van der Waals surface area contributed by atoms with Crippen LogP contribution in [0.4, 0.5) is 0 Å². The molecule has 1 fully saturated rings. The van der Waals surface area contributed by atoms with Gasteiger partial charge >= 0.3 is 0 Å². The minimum atomic E-state index is 0.175. The molecule has 0 spiro atoms. The molecule has 1 aliphatic rings. The van der Waals surface area contributed by atoms with Crippen molar-refractivity contribution >= 4 is 23.5 Å². The van der Waals surface area contributed by atoms with Gasteiger partial charge in [0.1, 0.15) is 5.50 Å². The molecular formula is C5H11ClN2S. The molecule has 0 aromatic rings. The van der Waals surface area contributed by atoms with Crippen LogP contribution in [0.15, 0.2) is 0 Å². The molecule has 1 aliphatic heterocycles. The van der Waals surface area contributed by atoms with E-state index in [0.717, 1.165) is 19.6 Å². The van der Waals surface area contributed by atoms with Crippen LogP contribution in [0.2, 0.25) is 0 Å². The Kier molecular flexibility index (Phi) is 3.12. The van der Waals surface area contributed by atoms with Gasteiger partial charge in [0.2, 0.25) is 0 Å². The van der Waals surface area contributed by atoms with Crippen LogP contribution in [0.25, 0.3) is 0 Å². The topological polar surface area (TPSA) is 15.3 Å². The second-order valence-electron chi connectivity index (χ2n) is 1.96. The molecule has 0 radical (unpaired) electrons. The fourth-order valence-electron chi connectivity index (χ4n) is 0.858. The molecule has 1 heterocycles. The highest BCUT2D eigenvalue weighted by atomic mass is 35.5. The van der Waals surface area contributed by atoms with Gasteiger partial charge in [0.25, 0.3) is 0 Å². The summed E-state index contributed by atoms with van der Waals surface area (Å²) >= 11 is 7.64. The van der Waals surface area contributed by atoms with Crippen LogP contribution >= 0.6 is 23.5 Å². The van der Waals surface area contributed by atoms with Crippen LogP contribution in [0.3, 0.4) is 0 Å². The molecule has 4 heteroatoms. The number of alkyl halides is 1. The predicted octanol–water partition coefficient (Wildman–Crippen LogP) is 0.734.